The van der Waals surface area contributed by atoms with Crippen molar-refractivity contribution in [2.75, 3.05) is 4.90 Å². The van der Waals surface area contributed by atoms with Gasteiger partial charge in [-0.05, 0) is 114 Å². The summed E-state index contributed by atoms with van der Waals surface area (Å²) >= 11 is 0. The lowest BCUT2D eigenvalue weighted by atomic mass is 9.67. The summed E-state index contributed by atoms with van der Waals surface area (Å²) in [5.41, 5.74) is 17.2. The molecule has 0 amide bonds. The Morgan fingerprint density at radius 2 is 0.746 bits per heavy atom. The molecule has 3 aliphatic rings. The number of rotatable bonds is 6. The van der Waals surface area contributed by atoms with Gasteiger partial charge < -0.3 is 4.90 Å². The molecule has 0 aromatic heterocycles. The number of benzene rings is 10. The van der Waals surface area contributed by atoms with Crippen molar-refractivity contribution in [2.45, 2.75) is 10.8 Å². The molecule has 0 unspecified atom stereocenters. The van der Waals surface area contributed by atoms with Crippen molar-refractivity contribution >= 4 is 17.1 Å². The van der Waals surface area contributed by atoms with Crippen LogP contribution in [0.1, 0.15) is 50.0 Å². The highest BCUT2D eigenvalue weighted by Gasteiger charge is 2.52. The maximum atomic E-state index is 10.0. The van der Waals surface area contributed by atoms with Crippen LogP contribution < -0.4 is 4.90 Å². The normalized spacial score (nSPS) is 14.9. The van der Waals surface area contributed by atoms with Crippen LogP contribution in [0.5, 0.6) is 0 Å². The maximum Gasteiger partial charge on any atom is 0.0726 e. The molecule has 3 aliphatic carbocycles. The summed E-state index contributed by atoms with van der Waals surface area (Å²) in [7, 11) is 0. The van der Waals surface area contributed by atoms with Crippen LogP contribution in [0.2, 0.25) is 0 Å². The Morgan fingerprint density at radius 1 is 0.302 bits per heavy atom. The lowest BCUT2D eigenvalue weighted by Gasteiger charge is -2.35. The predicted octanol–water partition coefficient (Wildman–Crippen LogP) is 15.5. The quantitative estimate of drug-likeness (QED) is 0.162. The van der Waals surface area contributed by atoms with E-state index in [0.717, 1.165) is 55.9 Å². The molecule has 0 atom stereocenters. The van der Waals surface area contributed by atoms with E-state index in [9.17, 15) is 5.48 Å². The average Bonchev–Trinajstić information content (AvgIpc) is 3.98. The molecule has 0 bridgehead atoms. The van der Waals surface area contributed by atoms with Crippen molar-refractivity contribution in [3.8, 4) is 44.5 Å². The van der Waals surface area contributed by atoms with Gasteiger partial charge in [0.2, 0.25) is 0 Å². The van der Waals surface area contributed by atoms with Crippen LogP contribution in [-0.2, 0) is 10.8 Å². The van der Waals surface area contributed by atoms with Crippen molar-refractivity contribution in [1.29, 1.82) is 0 Å². The largest absolute Gasteiger partial charge is 0.310 e. The van der Waals surface area contributed by atoms with Crippen LogP contribution in [0.3, 0.4) is 0 Å². The van der Waals surface area contributed by atoms with Gasteiger partial charge in [0.15, 0.2) is 0 Å². The Bertz CT molecular complexity index is 3530. The molecule has 1 heteroatoms. The van der Waals surface area contributed by atoms with Gasteiger partial charge in [0.05, 0.1) is 22.0 Å². The number of anilines is 3. The second-order valence-electron chi connectivity index (χ2n) is 16.8. The molecular formula is C62H41N. The molecular weight excluding hydrogens is 759 g/mol. The van der Waals surface area contributed by atoms with Crippen LogP contribution in [0.4, 0.5) is 17.1 Å². The van der Waals surface area contributed by atoms with Gasteiger partial charge in [-0.1, -0.05) is 218 Å². The van der Waals surface area contributed by atoms with Crippen LogP contribution >= 0.6 is 0 Å². The van der Waals surface area contributed by atoms with E-state index in [2.05, 4.69) is 194 Å². The molecule has 0 heterocycles. The van der Waals surface area contributed by atoms with E-state index in [4.69, 9.17) is 0 Å². The fourth-order valence-corrected chi connectivity index (χ4v) is 11.4. The monoisotopic (exact) mass is 803 g/mol. The van der Waals surface area contributed by atoms with E-state index in [1.54, 1.807) is 0 Å². The summed E-state index contributed by atoms with van der Waals surface area (Å²) in [5.74, 6) is 0. The molecule has 0 radical (unpaired) electrons. The average molecular weight is 804 g/mol. The molecule has 1 spiro atoms. The zero-order chi connectivity index (χ0) is 45.0. The van der Waals surface area contributed by atoms with Gasteiger partial charge in [-0.15, -0.1) is 0 Å². The number of hydrogen-bond acceptors (Lipinski definition) is 1. The van der Waals surface area contributed by atoms with Gasteiger partial charge in [0.25, 0.3) is 0 Å². The third-order valence-corrected chi connectivity index (χ3v) is 13.8. The van der Waals surface area contributed by atoms with Gasteiger partial charge in [0, 0.05) is 16.9 Å². The zero-order valence-corrected chi connectivity index (χ0v) is 34.3. The minimum absolute atomic E-state index is 0.0909. The molecule has 63 heavy (non-hydrogen) atoms. The summed E-state index contributed by atoms with van der Waals surface area (Å²) in [6, 6.07) is 78.2. The molecule has 0 saturated heterocycles. The van der Waals surface area contributed by atoms with Gasteiger partial charge in [-0.3, -0.25) is 0 Å². The third kappa shape index (κ3) is 4.88. The second kappa shape index (κ2) is 13.8. The van der Waals surface area contributed by atoms with Crippen LogP contribution in [0.15, 0.2) is 249 Å². The first kappa shape index (κ1) is 31.8. The first-order valence-corrected chi connectivity index (χ1v) is 21.7. The summed E-state index contributed by atoms with van der Waals surface area (Å²) in [4.78, 5) is 2.03. The van der Waals surface area contributed by atoms with E-state index in [1.165, 1.54) is 33.4 Å². The SMILES string of the molecule is [2H]c1c([2H])c(N(c2ccc3c(c2)C(c2ccccc2)(c2ccccc2)c2ccccc2-3)c2cccc3c2-c2ccccc2C32c3ccccc3-c3ccccc32)c([2H])c([2H])c1-c1ccccc1. The smallest absolute Gasteiger partial charge is 0.0726 e. The van der Waals surface area contributed by atoms with Crippen molar-refractivity contribution in [1.82, 2.24) is 0 Å². The summed E-state index contributed by atoms with van der Waals surface area (Å²) in [6.45, 7) is 0. The summed E-state index contributed by atoms with van der Waals surface area (Å²) < 4.78 is 39.4. The van der Waals surface area contributed by atoms with Crippen molar-refractivity contribution in [2.24, 2.45) is 0 Å². The fourth-order valence-electron chi connectivity index (χ4n) is 11.4. The van der Waals surface area contributed by atoms with Crippen LogP contribution in [0, 0.1) is 0 Å². The molecule has 10 aromatic carbocycles. The molecule has 294 valence electrons. The van der Waals surface area contributed by atoms with E-state index in [-0.39, 0.29) is 35.4 Å². The molecule has 0 aliphatic heterocycles. The van der Waals surface area contributed by atoms with Crippen molar-refractivity contribution < 1.29 is 5.48 Å². The third-order valence-electron chi connectivity index (χ3n) is 13.8. The second-order valence-corrected chi connectivity index (χ2v) is 16.8. The van der Waals surface area contributed by atoms with E-state index >= 15 is 0 Å². The Labute approximate surface area is 374 Å². The predicted molar refractivity (Wildman–Crippen MR) is 260 cm³/mol. The van der Waals surface area contributed by atoms with Gasteiger partial charge in [-0.25, -0.2) is 0 Å². The first-order chi connectivity index (χ1) is 33.0. The Kier molecular flexibility index (Phi) is 6.95. The van der Waals surface area contributed by atoms with Crippen LogP contribution in [0.25, 0.3) is 44.5 Å². The summed E-state index contributed by atoms with van der Waals surface area (Å²) in [6.07, 6.45) is 0. The van der Waals surface area contributed by atoms with E-state index < -0.39 is 10.8 Å². The van der Waals surface area contributed by atoms with Gasteiger partial charge in [0.1, 0.15) is 0 Å². The Balaban J connectivity index is 1.15. The van der Waals surface area contributed by atoms with Crippen LogP contribution in [-0.4, -0.2) is 0 Å². The molecule has 13 rings (SSSR count). The lowest BCUT2D eigenvalue weighted by Crippen LogP contribution is -2.28. The highest BCUT2D eigenvalue weighted by Crippen LogP contribution is 2.65. The Morgan fingerprint density at radius 3 is 1.32 bits per heavy atom. The molecule has 10 aromatic rings. The molecule has 1 nitrogen and oxygen atoms in total. The highest BCUT2D eigenvalue weighted by molar-refractivity contribution is 6.01. The fraction of sp³-hybridized carbons (Fsp3) is 0.0323. The minimum atomic E-state index is -0.714. The highest BCUT2D eigenvalue weighted by atomic mass is 15.1. The number of nitrogens with zero attached hydrogens (tertiary/aromatic N) is 1. The number of hydrogen-bond donors (Lipinski definition) is 0. The molecule has 0 fully saturated rings. The topological polar surface area (TPSA) is 3.24 Å². The summed E-state index contributed by atoms with van der Waals surface area (Å²) in [5, 5.41) is 0. The first-order valence-electron chi connectivity index (χ1n) is 23.7. The van der Waals surface area contributed by atoms with E-state index in [0.29, 0.717) is 5.56 Å². The molecule has 0 saturated carbocycles. The number of fused-ring (bicyclic) bond motifs is 13. The standard InChI is InChI=1S/C62H41N/c1-4-19-42(20-5-1)43-35-37-46(38-36-43)63(47-39-40-51-50-27-10-14-29-53(50)61(58(51)41-47,44-21-6-2-7-22-44)45-23-8-3-9-24-45)59-34-18-33-57-60(59)52-28-13-17-32-56(52)62(57)54-30-15-11-25-48(54)49-26-12-16-31-55(49)62/h1-41H/i35D,36D,37D,38D. The zero-order valence-electron chi connectivity index (χ0n) is 38.3. The lowest BCUT2D eigenvalue weighted by molar-refractivity contribution is 0.768. The van der Waals surface area contributed by atoms with E-state index in [1.807, 2.05) is 35.2 Å². The van der Waals surface area contributed by atoms with Crippen molar-refractivity contribution in [3.63, 3.8) is 0 Å². The molecule has 0 N–H and O–H groups in total. The van der Waals surface area contributed by atoms with Gasteiger partial charge >= 0.3 is 0 Å². The maximum absolute atomic E-state index is 10.0. The van der Waals surface area contributed by atoms with Crippen molar-refractivity contribution in [3.05, 3.63) is 293 Å². The Hall–Kier alpha value is -8.00. The van der Waals surface area contributed by atoms with Gasteiger partial charge in [-0.2, -0.15) is 0 Å². The minimum Gasteiger partial charge on any atom is -0.310 e.